The molecule has 0 aromatic carbocycles. The van der Waals surface area contributed by atoms with Crippen LogP contribution in [0.5, 0.6) is 0 Å². The summed E-state index contributed by atoms with van der Waals surface area (Å²) in [6.45, 7) is 13.4. The highest BCUT2D eigenvalue weighted by molar-refractivity contribution is 8.13. The van der Waals surface area contributed by atoms with Crippen LogP contribution in [0.1, 0.15) is 62.7 Å². The van der Waals surface area contributed by atoms with Crippen LogP contribution >= 0.6 is 11.8 Å². The van der Waals surface area contributed by atoms with Gasteiger partial charge in [-0.05, 0) is 27.7 Å². The van der Waals surface area contributed by atoms with Gasteiger partial charge < -0.3 is 15.0 Å². The topological polar surface area (TPSA) is 110 Å². The molecule has 0 bridgehead atoms. The van der Waals surface area contributed by atoms with Gasteiger partial charge >= 0.3 is 5.97 Å². The number of hydrogen-bond donors (Lipinski definition) is 1. The minimum absolute atomic E-state index is 0. The van der Waals surface area contributed by atoms with Crippen molar-refractivity contribution in [2.24, 2.45) is 0 Å². The monoisotopic (exact) mass is 420 g/mol. The molecule has 0 saturated carbocycles. The molecular weight excluding hydrogens is 384 g/mol. The fourth-order valence-electron chi connectivity index (χ4n) is 1.94. The predicted octanol–water partition coefficient (Wildman–Crippen LogP) is 2.19. The summed E-state index contributed by atoms with van der Waals surface area (Å²) in [6, 6.07) is -0.867. The van der Waals surface area contributed by atoms with E-state index in [1.165, 1.54) is 0 Å². The number of nitrogens with one attached hydrogen (secondary N) is 1. The number of esters is 1. The van der Waals surface area contributed by atoms with Crippen LogP contribution in [-0.2, 0) is 28.7 Å². The highest BCUT2D eigenvalue weighted by atomic mass is 32.2. The van der Waals surface area contributed by atoms with Crippen molar-refractivity contribution < 1.29 is 30.1 Å². The molecule has 0 saturated heterocycles. The third-order valence-electron chi connectivity index (χ3n) is 3.32. The van der Waals surface area contributed by atoms with Gasteiger partial charge in [0.25, 0.3) is 0 Å². The first-order chi connectivity index (χ1) is 13.2. The van der Waals surface area contributed by atoms with Crippen molar-refractivity contribution in [3.63, 3.8) is 0 Å². The standard InChI is InChI=1S/C17H28N2O6S.C2H6.H2/c1-6-14(21)18-12(16(23)19(7-2)8-3)10-26-15(22)9-13(20)17(24)25-11(4)5;1-2;/h11-12H,6-10H2,1-5H3,(H,18,21);1-2H3;1H. The number of carbonyl (C=O) groups excluding carboxylic acids is 5. The lowest BCUT2D eigenvalue weighted by Crippen LogP contribution is -2.50. The molecule has 2 amide bonds. The van der Waals surface area contributed by atoms with E-state index in [-0.39, 0.29) is 25.4 Å². The molecule has 0 aromatic rings. The Morgan fingerprint density at radius 3 is 2.00 bits per heavy atom. The normalized spacial score (nSPS) is 11.0. The minimum Gasteiger partial charge on any atom is -0.457 e. The van der Waals surface area contributed by atoms with Crippen LogP contribution in [0, 0.1) is 0 Å². The fourth-order valence-corrected chi connectivity index (χ4v) is 2.75. The number of ketones is 1. The van der Waals surface area contributed by atoms with Gasteiger partial charge in [0.2, 0.25) is 17.6 Å². The van der Waals surface area contributed by atoms with Gasteiger partial charge in [0.05, 0.1) is 12.5 Å². The second-order valence-corrected chi connectivity index (χ2v) is 6.80. The summed E-state index contributed by atoms with van der Waals surface area (Å²) in [4.78, 5) is 60.7. The van der Waals surface area contributed by atoms with E-state index in [9.17, 15) is 24.0 Å². The smallest absolute Gasteiger partial charge is 0.375 e. The summed E-state index contributed by atoms with van der Waals surface area (Å²) in [5.74, 6) is -2.58. The number of amides is 2. The van der Waals surface area contributed by atoms with Gasteiger partial charge in [-0.1, -0.05) is 32.5 Å². The molecule has 164 valence electrons. The van der Waals surface area contributed by atoms with E-state index in [1.54, 1.807) is 25.7 Å². The van der Waals surface area contributed by atoms with E-state index >= 15 is 0 Å². The van der Waals surface area contributed by atoms with E-state index in [2.05, 4.69) is 5.32 Å². The van der Waals surface area contributed by atoms with Gasteiger partial charge in [0, 0.05) is 26.7 Å². The quantitative estimate of drug-likeness (QED) is 0.310. The summed E-state index contributed by atoms with van der Waals surface area (Å²) in [5, 5.41) is 2.04. The highest BCUT2D eigenvalue weighted by Gasteiger charge is 2.27. The molecule has 0 aliphatic carbocycles. The molecule has 1 unspecified atom stereocenters. The summed E-state index contributed by atoms with van der Waals surface area (Å²) >= 11 is 0.739. The predicted molar refractivity (Wildman–Crippen MR) is 112 cm³/mol. The zero-order chi connectivity index (χ0) is 22.3. The number of carbonyl (C=O) groups is 5. The first-order valence-corrected chi connectivity index (χ1v) is 10.6. The van der Waals surface area contributed by atoms with Crippen LogP contribution in [0.25, 0.3) is 0 Å². The molecule has 0 aliphatic heterocycles. The molecule has 0 spiro atoms. The molecule has 0 fully saturated rings. The van der Waals surface area contributed by atoms with Crippen LogP contribution in [0.3, 0.4) is 0 Å². The van der Waals surface area contributed by atoms with Crippen molar-refractivity contribution >= 4 is 40.4 Å². The van der Waals surface area contributed by atoms with Crippen molar-refractivity contribution in [2.75, 3.05) is 18.8 Å². The Hall–Kier alpha value is -1.90. The lowest BCUT2D eigenvalue weighted by atomic mass is 10.2. The maximum absolute atomic E-state index is 12.5. The Bertz CT molecular complexity index is 539. The molecule has 1 atom stereocenters. The summed E-state index contributed by atoms with van der Waals surface area (Å²) < 4.78 is 4.74. The lowest BCUT2D eigenvalue weighted by molar-refractivity contribution is -0.157. The number of nitrogens with zero attached hydrogens (tertiary/aromatic N) is 1. The van der Waals surface area contributed by atoms with Gasteiger partial charge in [-0.15, -0.1) is 0 Å². The number of rotatable bonds is 11. The van der Waals surface area contributed by atoms with Crippen molar-refractivity contribution in [3.05, 3.63) is 0 Å². The average molecular weight is 421 g/mol. The summed E-state index contributed by atoms with van der Waals surface area (Å²) in [6.07, 6.45) is -0.848. The third kappa shape index (κ3) is 11.7. The molecule has 0 radical (unpaired) electrons. The maximum Gasteiger partial charge on any atom is 0.375 e. The number of thioether (sulfide) groups is 1. The highest BCUT2D eigenvalue weighted by Crippen LogP contribution is 2.11. The molecule has 0 rings (SSSR count). The van der Waals surface area contributed by atoms with E-state index < -0.39 is 35.4 Å². The molecule has 0 aromatic heterocycles. The van der Waals surface area contributed by atoms with E-state index in [4.69, 9.17) is 4.74 Å². The van der Waals surface area contributed by atoms with E-state index in [0.29, 0.717) is 13.1 Å². The Morgan fingerprint density at radius 2 is 1.57 bits per heavy atom. The van der Waals surface area contributed by atoms with Crippen molar-refractivity contribution in [3.8, 4) is 0 Å². The van der Waals surface area contributed by atoms with Gasteiger partial charge in [0.1, 0.15) is 6.04 Å². The maximum atomic E-state index is 12.5. The lowest BCUT2D eigenvalue weighted by Gasteiger charge is -2.25. The number of hydrogen-bond acceptors (Lipinski definition) is 7. The Morgan fingerprint density at radius 1 is 1.04 bits per heavy atom. The summed E-state index contributed by atoms with van der Waals surface area (Å²) in [7, 11) is 0. The molecule has 28 heavy (non-hydrogen) atoms. The van der Waals surface area contributed by atoms with Crippen LogP contribution in [0.2, 0.25) is 0 Å². The second-order valence-electron chi connectivity index (χ2n) is 5.72. The van der Waals surface area contributed by atoms with Crippen LogP contribution in [0.15, 0.2) is 0 Å². The number of likely N-dealkylation sites (N-methyl/N-ethyl adjacent to an activating group) is 1. The zero-order valence-electron chi connectivity index (χ0n) is 18.0. The molecule has 0 aliphatic rings. The second kappa shape index (κ2) is 16.1. The molecule has 0 heterocycles. The van der Waals surface area contributed by atoms with Crippen LogP contribution in [-0.4, -0.2) is 64.6 Å². The number of ether oxygens (including phenoxy) is 1. The Balaban J connectivity index is -0.00000218. The molecule has 8 nitrogen and oxygen atoms in total. The van der Waals surface area contributed by atoms with Crippen LogP contribution < -0.4 is 5.32 Å². The van der Waals surface area contributed by atoms with E-state index in [1.807, 2.05) is 27.7 Å². The fraction of sp³-hybridized carbons (Fsp3) is 0.737. The third-order valence-corrected chi connectivity index (χ3v) is 4.28. The van der Waals surface area contributed by atoms with Gasteiger partial charge in [-0.2, -0.15) is 0 Å². The van der Waals surface area contributed by atoms with Gasteiger partial charge in [-0.25, -0.2) is 4.79 Å². The zero-order valence-corrected chi connectivity index (χ0v) is 18.8. The van der Waals surface area contributed by atoms with Crippen molar-refractivity contribution in [1.82, 2.24) is 10.2 Å². The minimum atomic E-state index is -1.05. The Labute approximate surface area is 173 Å². The average Bonchev–Trinajstić information content (AvgIpc) is 2.66. The van der Waals surface area contributed by atoms with E-state index in [0.717, 1.165) is 11.8 Å². The van der Waals surface area contributed by atoms with Crippen LogP contribution in [0.4, 0.5) is 0 Å². The van der Waals surface area contributed by atoms with Crippen molar-refractivity contribution in [1.29, 1.82) is 0 Å². The van der Waals surface area contributed by atoms with Gasteiger partial charge in [0.15, 0.2) is 5.12 Å². The summed E-state index contributed by atoms with van der Waals surface area (Å²) in [5.41, 5.74) is 0. The first-order valence-electron chi connectivity index (χ1n) is 9.63. The molecule has 9 heteroatoms. The Kier molecular flexibility index (Phi) is 16.3. The first kappa shape index (κ1) is 28.3. The SMILES string of the molecule is CC.CCC(=O)NC(CSC(=O)CC(=O)C(=O)OC(C)C)C(=O)N(CC)CC.[HH]. The largest absolute Gasteiger partial charge is 0.457 e. The van der Waals surface area contributed by atoms with Crippen molar-refractivity contribution in [2.45, 2.75) is 73.5 Å². The molecule has 1 N–H and O–H groups in total. The number of Topliss-reactive ketones (excluding diaryl/α,β-unsaturated/α-hetero) is 1. The molecular formula is C19H36N2O6S. The van der Waals surface area contributed by atoms with Gasteiger partial charge in [-0.3, -0.25) is 19.2 Å².